The lowest BCUT2D eigenvalue weighted by Crippen LogP contribution is -2.24. The summed E-state index contributed by atoms with van der Waals surface area (Å²) in [5.74, 6) is 0. The summed E-state index contributed by atoms with van der Waals surface area (Å²) >= 11 is 0. The van der Waals surface area contributed by atoms with Gasteiger partial charge in [0.2, 0.25) is 20.0 Å². The Balaban J connectivity index is 2.49. The van der Waals surface area contributed by atoms with Crippen molar-refractivity contribution in [3.05, 3.63) is 24.3 Å². The minimum Gasteiger partial charge on any atom is -0.385 e. The van der Waals surface area contributed by atoms with Crippen molar-refractivity contribution < 1.29 is 16.8 Å². The first-order valence-electron chi connectivity index (χ1n) is 6.34. The minimum atomic E-state index is -3.41. The molecule has 0 unspecified atom stereocenters. The number of hydrogen-bond acceptors (Lipinski definition) is 5. The van der Waals surface area contributed by atoms with Crippen LogP contribution in [0, 0.1) is 0 Å². The van der Waals surface area contributed by atoms with Gasteiger partial charge >= 0.3 is 0 Å². The van der Waals surface area contributed by atoms with Crippen LogP contribution in [0.15, 0.2) is 29.2 Å². The third kappa shape index (κ3) is 6.00. The van der Waals surface area contributed by atoms with Crippen molar-refractivity contribution in [3.8, 4) is 0 Å². The minimum absolute atomic E-state index is 0.233. The second kappa shape index (κ2) is 7.21. The third-order valence-corrected chi connectivity index (χ3v) is 5.24. The molecular formula is C12H21N3O4S2. The zero-order valence-electron chi connectivity index (χ0n) is 12.3. The van der Waals surface area contributed by atoms with Crippen LogP contribution >= 0.6 is 0 Å². The first kappa shape index (κ1) is 17.9. The van der Waals surface area contributed by atoms with Crippen LogP contribution in [-0.4, -0.2) is 54.6 Å². The molecule has 0 radical (unpaired) electrons. The highest BCUT2D eigenvalue weighted by molar-refractivity contribution is 7.89. The molecule has 0 saturated carbocycles. The fourth-order valence-electron chi connectivity index (χ4n) is 1.53. The molecule has 120 valence electrons. The summed E-state index contributed by atoms with van der Waals surface area (Å²) < 4.78 is 49.0. The van der Waals surface area contributed by atoms with Gasteiger partial charge in [-0.05, 0) is 30.7 Å². The summed E-state index contributed by atoms with van der Waals surface area (Å²) in [6, 6.07) is 6.43. The number of hydrogen-bond donors (Lipinski definition) is 2. The Hall–Kier alpha value is -1.16. The maximum Gasteiger partial charge on any atom is 0.242 e. The molecular weight excluding hydrogens is 314 g/mol. The predicted octanol–water partition coefficient (Wildman–Crippen LogP) is 0.288. The van der Waals surface area contributed by atoms with Crippen LogP contribution in [0.3, 0.4) is 0 Å². The summed E-state index contributed by atoms with van der Waals surface area (Å²) in [4.78, 5) is 0.233. The van der Waals surface area contributed by atoms with Gasteiger partial charge in [0.05, 0.1) is 11.2 Å². The molecule has 21 heavy (non-hydrogen) atoms. The molecule has 0 aliphatic rings. The molecule has 0 saturated heterocycles. The van der Waals surface area contributed by atoms with Crippen LogP contribution in [0.2, 0.25) is 0 Å². The molecule has 0 aliphatic carbocycles. The zero-order valence-corrected chi connectivity index (χ0v) is 14.0. The Morgan fingerprint density at radius 3 is 2.05 bits per heavy atom. The fraction of sp³-hybridized carbons (Fsp3) is 0.500. The summed E-state index contributed by atoms with van der Waals surface area (Å²) in [5.41, 5.74) is 0.784. The maximum absolute atomic E-state index is 11.9. The molecule has 1 rings (SSSR count). The molecule has 0 aliphatic heterocycles. The van der Waals surface area contributed by atoms with Gasteiger partial charge in [0.1, 0.15) is 0 Å². The predicted molar refractivity (Wildman–Crippen MR) is 83.3 cm³/mol. The van der Waals surface area contributed by atoms with Crippen LogP contribution in [-0.2, 0) is 20.0 Å². The van der Waals surface area contributed by atoms with E-state index < -0.39 is 20.0 Å². The number of nitrogens with zero attached hydrogens (tertiary/aromatic N) is 1. The largest absolute Gasteiger partial charge is 0.385 e. The third-order valence-electron chi connectivity index (χ3n) is 2.68. The zero-order chi connectivity index (χ0) is 16.1. The van der Waals surface area contributed by atoms with Gasteiger partial charge in [0, 0.05) is 32.9 Å². The Morgan fingerprint density at radius 2 is 1.57 bits per heavy atom. The molecule has 0 fully saturated rings. The van der Waals surface area contributed by atoms with E-state index in [-0.39, 0.29) is 4.90 Å². The number of nitrogens with one attached hydrogen (secondary N) is 2. The highest BCUT2D eigenvalue weighted by atomic mass is 32.2. The molecule has 2 N–H and O–H groups in total. The molecule has 0 amide bonds. The van der Waals surface area contributed by atoms with Crippen molar-refractivity contribution in [1.82, 2.24) is 9.03 Å². The van der Waals surface area contributed by atoms with Crippen LogP contribution < -0.4 is 10.0 Å². The standard InChI is InChI=1S/C12H21N3O4S2/c1-15(2)21(18,19)12-7-5-11(6-8-12)13-9-4-10-14-20(3,16)17/h5-8,13-14H,4,9-10H2,1-3H3. The maximum atomic E-state index is 11.9. The van der Waals surface area contributed by atoms with Crippen LogP contribution in [0.5, 0.6) is 0 Å². The van der Waals surface area contributed by atoms with Gasteiger partial charge in [-0.15, -0.1) is 0 Å². The monoisotopic (exact) mass is 335 g/mol. The average molecular weight is 335 g/mol. The molecule has 0 bridgehead atoms. The number of benzene rings is 1. The smallest absolute Gasteiger partial charge is 0.242 e. The highest BCUT2D eigenvalue weighted by Crippen LogP contribution is 2.16. The van der Waals surface area contributed by atoms with E-state index >= 15 is 0 Å². The van der Waals surface area contributed by atoms with Crippen LogP contribution in [0.1, 0.15) is 6.42 Å². The first-order valence-corrected chi connectivity index (χ1v) is 9.67. The molecule has 7 nitrogen and oxygen atoms in total. The lowest BCUT2D eigenvalue weighted by molar-refractivity contribution is 0.521. The summed E-state index contributed by atoms with van der Waals surface area (Å²) in [5, 5.41) is 3.10. The summed E-state index contributed by atoms with van der Waals surface area (Å²) in [6.45, 7) is 0.946. The van der Waals surface area contributed by atoms with E-state index in [4.69, 9.17) is 0 Å². The number of sulfonamides is 2. The van der Waals surface area contributed by atoms with Crippen molar-refractivity contribution in [2.24, 2.45) is 0 Å². The van der Waals surface area contributed by atoms with E-state index in [9.17, 15) is 16.8 Å². The Morgan fingerprint density at radius 1 is 1.00 bits per heavy atom. The van der Waals surface area contributed by atoms with E-state index in [2.05, 4.69) is 10.0 Å². The van der Waals surface area contributed by atoms with Gasteiger partial charge in [0.15, 0.2) is 0 Å². The van der Waals surface area contributed by atoms with Gasteiger partial charge in [-0.2, -0.15) is 0 Å². The van der Waals surface area contributed by atoms with Crippen molar-refractivity contribution >= 4 is 25.7 Å². The molecule has 9 heteroatoms. The SMILES string of the molecule is CN(C)S(=O)(=O)c1ccc(NCCCNS(C)(=O)=O)cc1. The van der Waals surface area contributed by atoms with E-state index in [1.54, 1.807) is 12.1 Å². The van der Waals surface area contributed by atoms with E-state index in [0.717, 1.165) is 16.2 Å². The fourth-order valence-corrected chi connectivity index (χ4v) is 2.95. The molecule has 0 spiro atoms. The van der Waals surface area contributed by atoms with E-state index in [1.165, 1.54) is 26.2 Å². The lowest BCUT2D eigenvalue weighted by atomic mass is 10.3. The Kier molecular flexibility index (Phi) is 6.14. The van der Waals surface area contributed by atoms with Crippen molar-refractivity contribution in [1.29, 1.82) is 0 Å². The number of anilines is 1. The molecule has 1 aromatic rings. The van der Waals surface area contributed by atoms with Gasteiger partial charge in [-0.3, -0.25) is 0 Å². The molecule has 0 aromatic heterocycles. The Labute approximate surface area is 126 Å². The van der Waals surface area contributed by atoms with Crippen molar-refractivity contribution in [2.75, 3.05) is 38.8 Å². The lowest BCUT2D eigenvalue weighted by Gasteiger charge is -2.12. The topological polar surface area (TPSA) is 95.6 Å². The van der Waals surface area contributed by atoms with Gasteiger partial charge in [-0.25, -0.2) is 25.9 Å². The molecule has 0 atom stereocenters. The van der Waals surface area contributed by atoms with E-state index in [0.29, 0.717) is 19.5 Å². The Bertz CT molecular complexity index is 652. The van der Waals surface area contributed by atoms with Crippen LogP contribution in [0.4, 0.5) is 5.69 Å². The quantitative estimate of drug-likeness (QED) is 0.666. The van der Waals surface area contributed by atoms with Gasteiger partial charge in [-0.1, -0.05) is 0 Å². The highest BCUT2D eigenvalue weighted by Gasteiger charge is 2.16. The molecule has 0 heterocycles. The molecule has 1 aromatic carbocycles. The normalized spacial score (nSPS) is 12.6. The summed E-state index contributed by atoms with van der Waals surface area (Å²) in [7, 11) is -3.59. The van der Waals surface area contributed by atoms with Crippen molar-refractivity contribution in [3.63, 3.8) is 0 Å². The second-order valence-corrected chi connectivity index (χ2v) is 8.74. The van der Waals surface area contributed by atoms with Crippen LogP contribution in [0.25, 0.3) is 0 Å². The van der Waals surface area contributed by atoms with Gasteiger partial charge in [0.25, 0.3) is 0 Å². The summed E-state index contributed by atoms with van der Waals surface area (Å²) in [6.07, 6.45) is 1.75. The van der Waals surface area contributed by atoms with Gasteiger partial charge < -0.3 is 5.32 Å². The average Bonchev–Trinajstić information content (AvgIpc) is 2.37. The van der Waals surface area contributed by atoms with Crippen molar-refractivity contribution in [2.45, 2.75) is 11.3 Å². The van der Waals surface area contributed by atoms with E-state index in [1.807, 2.05) is 0 Å². The number of rotatable bonds is 8. The second-order valence-electron chi connectivity index (χ2n) is 4.76. The first-order chi connectivity index (χ1) is 9.63.